The van der Waals surface area contributed by atoms with Crippen molar-refractivity contribution in [2.45, 2.75) is 37.8 Å². The van der Waals surface area contributed by atoms with Gasteiger partial charge in [0, 0.05) is 49.8 Å². The Balaban J connectivity index is 1.45. The van der Waals surface area contributed by atoms with Gasteiger partial charge in [-0.25, -0.2) is 0 Å². The van der Waals surface area contributed by atoms with E-state index in [2.05, 4.69) is 4.90 Å². The molecule has 3 atom stereocenters. The Morgan fingerprint density at radius 1 is 1.16 bits per heavy atom. The number of hydrogen-bond donors (Lipinski definition) is 3. The molecule has 1 aromatic carbocycles. The van der Waals surface area contributed by atoms with Crippen molar-refractivity contribution in [3.63, 3.8) is 0 Å². The lowest BCUT2D eigenvalue weighted by Gasteiger charge is -2.42. The average molecular weight is 508 g/mol. The van der Waals surface area contributed by atoms with Gasteiger partial charge in [-0.2, -0.15) is 0 Å². The number of benzene rings is 1. The zero-order valence-electron chi connectivity index (χ0n) is 20.4. The average Bonchev–Trinajstić information content (AvgIpc) is 2.85. The molecule has 0 aliphatic carbocycles. The number of piperidine rings is 1. The maximum Gasteiger partial charge on any atom is 0.250 e. The number of methoxy groups -OCH3 is 1. The Hall–Kier alpha value is -4.05. The third kappa shape index (κ3) is 4.84. The van der Waals surface area contributed by atoms with E-state index in [4.69, 9.17) is 14.9 Å². The van der Waals surface area contributed by atoms with Gasteiger partial charge in [0.25, 0.3) is 5.56 Å². The van der Waals surface area contributed by atoms with E-state index in [-0.39, 0.29) is 35.2 Å². The Labute approximate surface area is 212 Å². The number of nitrogens with zero attached hydrogens (tertiary/aromatic N) is 2. The highest BCUT2D eigenvalue weighted by molar-refractivity contribution is 5.75. The number of carbonyl (C=O) groups is 1. The summed E-state index contributed by atoms with van der Waals surface area (Å²) < 4.78 is 13.0. The minimum atomic E-state index is -0.888. The summed E-state index contributed by atoms with van der Waals surface area (Å²) in [6.07, 6.45) is 0.748. The van der Waals surface area contributed by atoms with Gasteiger partial charge >= 0.3 is 0 Å². The number of phenols is 1. The highest BCUT2D eigenvalue weighted by Crippen LogP contribution is 2.38. The summed E-state index contributed by atoms with van der Waals surface area (Å²) in [6, 6.07) is 11.1. The number of primary amides is 1. The number of aromatic nitrogens is 1. The SMILES string of the molecule is COc1ccc(C(CC(N)=O)c2oc(CN3C[C@H]4C[C@@H](C3)c3cccc(=O)n3C4)cc(=O)c2O)cc1O. The molecule has 1 unspecified atom stereocenters. The maximum atomic E-state index is 12.7. The number of pyridine rings is 1. The van der Waals surface area contributed by atoms with E-state index in [0.29, 0.717) is 36.9 Å². The van der Waals surface area contributed by atoms with E-state index < -0.39 is 23.0 Å². The first-order chi connectivity index (χ1) is 17.7. The molecule has 4 N–H and O–H groups in total. The lowest BCUT2D eigenvalue weighted by atomic mass is 9.83. The molecular formula is C27H29N3O7. The van der Waals surface area contributed by atoms with E-state index >= 15 is 0 Å². The molecule has 2 aromatic heterocycles. The highest BCUT2D eigenvalue weighted by atomic mass is 16.5. The van der Waals surface area contributed by atoms with Crippen LogP contribution >= 0.6 is 0 Å². The van der Waals surface area contributed by atoms with Gasteiger partial charge in [-0.15, -0.1) is 0 Å². The highest BCUT2D eigenvalue weighted by Gasteiger charge is 2.35. The Morgan fingerprint density at radius 2 is 1.97 bits per heavy atom. The lowest BCUT2D eigenvalue weighted by Crippen LogP contribution is -2.46. The number of phenolic OH excluding ortho intramolecular Hbond substituents is 1. The Morgan fingerprint density at radius 3 is 2.70 bits per heavy atom. The first-order valence-corrected chi connectivity index (χ1v) is 12.2. The molecule has 5 rings (SSSR count). The number of amides is 1. The largest absolute Gasteiger partial charge is 0.504 e. The predicted octanol–water partition coefficient (Wildman–Crippen LogP) is 1.85. The van der Waals surface area contributed by atoms with Gasteiger partial charge in [0.05, 0.1) is 19.6 Å². The molecule has 194 valence electrons. The fourth-order valence-electron chi connectivity index (χ4n) is 5.70. The molecule has 0 radical (unpaired) electrons. The molecule has 0 saturated carbocycles. The van der Waals surface area contributed by atoms with Crippen molar-refractivity contribution < 1.29 is 24.2 Å². The zero-order valence-corrected chi connectivity index (χ0v) is 20.4. The summed E-state index contributed by atoms with van der Waals surface area (Å²) in [5.41, 5.74) is 6.31. The van der Waals surface area contributed by atoms with Gasteiger partial charge in [0.2, 0.25) is 17.1 Å². The number of fused-ring (bicyclic) bond motifs is 4. The summed E-state index contributed by atoms with van der Waals surface area (Å²) in [7, 11) is 1.41. The van der Waals surface area contributed by atoms with Crippen LogP contribution in [0.25, 0.3) is 0 Å². The van der Waals surface area contributed by atoms with Crippen molar-refractivity contribution in [3.05, 3.63) is 85.8 Å². The van der Waals surface area contributed by atoms with Crippen LogP contribution in [-0.2, 0) is 17.9 Å². The third-order valence-electron chi connectivity index (χ3n) is 7.26. The molecule has 10 nitrogen and oxygen atoms in total. The smallest absolute Gasteiger partial charge is 0.250 e. The van der Waals surface area contributed by atoms with Gasteiger partial charge in [-0.3, -0.25) is 19.3 Å². The number of carbonyl (C=O) groups excluding carboxylic acids is 1. The predicted molar refractivity (Wildman–Crippen MR) is 134 cm³/mol. The number of nitrogens with two attached hydrogens (primary N) is 1. The second kappa shape index (κ2) is 9.78. The lowest BCUT2D eigenvalue weighted by molar-refractivity contribution is -0.118. The van der Waals surface area contributed by atoms with Crippen molar-refractivity contribution in [2.24, 2.45) is 11.7 Å². The van der Waals surface area contributed by atoms with E-state index in [1.54, 1.807) is 18.2 Å². The summed E-state index contributed by atoms with van der Waals surface area (Å²) in [6.45, 7) is 2.39. The monoisotopic (exact) mass is 507 g/mol. The van der Waals surface area contributed by atoms with Gasteiger partial charge in [-0.1, -0.05) is 12.1 Å². The van der Waals surface area contributed by atoms with E-state index in [9.17, 15) is 24.6 Å². The molecule has 10 heteroatoms. The van der Waals surface area contributed by atoms with E-state index in [1.165, 1.54) is 25.3 Å². The molecule has 4 heterocycles. The fraction of sp³-hybridized carbons (Fsp3) is 0.370. The van der Waals surface area contributed by atoms with Crippen molar-refractivity contribution >= 4 is 5.91 Å². The van der Waals surface area contributed by atoms with Crippen molar-refractivity contribution in [1.29, 1.82) is 0 Å². The van der Waals surface area contributed by atoms with Gasteiger partial charge in [-0.05, 0) is 36.1 Å². The molecule has 2 aliphatic heterocycles. The number of likely N-dealkylation sites (tertiary alicyclic amines) is 1. The summed E-state index contributed by atoms with van der Waals surface area (Å²) >= 11 is 0. The zero-order chi connectivity index (χ0) is 26.3. The fourth-order valence-corrected chi connectivity index (χ4v) is 5.70. The summed E-state index contributed by atoms with van der Waals surface area (Å²) in [5, 5.41) is 20.9. The van der Waals surface area contributed by atoms with Crippen LogP contribution in [0.1, 0.15) is 47.5 Å². The maximum absolute atomic E-state index is 12.7. The molecule has 37 heavy (non-hydrogen) atoms. The molecule has 2 aliphatic rings. The quantitative estimate of drug-likeness (QED) is 0.439. The summed E-state index contributed by atoms with van der Waals surface area (Å²) in [5.74, 6) is -1.34. The first-order valence-electron chi connectivity index (χ1n) is 12.2. The van der Waals surface area contributed by atoms with Crippen molar-refractivity contribution in [2.75, 3.05) is 20.2 Å². The standard InChI is InChI=1S/C27H29N3O7/c1-36-23-6-5-16(8-21(23)31)19(10-24(28)33)27-26(35)22(32)9-18(37-27)14-29-11-15-7-17(13-29)20-3-2-4-25(34)30(20)12-15/h2-6,8-9,15,17,19,31,35H,7,10-14H2,1H3,(H2,28,33)/t15-,17+,19?/m1/s1. The van der Waals surface area contributed by atoms with Crippen LogP contribution in [0.3, 0.4) is 0 Å². The molecule has 3 aromatic rings. The topological polar surface area (TPSA) is 148 Å². The van der Waals surface area contributed by atoms with Gasteiger partial charge < -0.3 is 29.7 Å². The number of rotatable bonds is 7. The normalized spacial score (nSPS) is 19.7. The molecular weight excluding hydrogens is 478 g/mol. The van der Waals surface area contributed by atoms with Crippen LogP contribution in [0.2, 0.25) is 0 Å². The van der Waals surface area contributed by atoms with Crippen LogP contribution in [0, 0.1) is 5.92 Å². The van der Waals surface area contributed by atoms with E-state index in [0.717, 1.165) is 18.7 Å². The minimum Gasteiger partial charge on any atom is -0.504 e. The van der Waals surface area contributed by atoms with E-state index in [1.807, 2.05) is 10.6 Å². The number of aromatic hydroxyl groups is 2. The van der Waals surface area contributed by atoms with Crippen LogP contribution in [-0.4, -0.2) is 45.8 Å². The second-order valence-electron chi connectivity index (χ2n) is 9.84. The first kappa shape index (κ1) is 24.6. The Kier molecular flexibility index (Phi) is 6.51. The van der Waals surface area contributed by atoms with Gasteiger partial charge in [0.15, 0.2) is 17.3 Å². The molecule has 1 saturated heterocycles. The van der Waals surface area contributed by atoms with Crippen molar-refractivity contribution in [1.82, 2.24) is 9.47 Å². The van der Waals surface area contributed by atoms with Crippen LogP contribution in [0.15, 0.2) is 56.5 Å². The van der Waals surface area contributed by atoms with Crippen LogP contribution in [0.4, 0.5) is 0 Å². The second-order valence-corrected chi connectivity index (χ2v) is 9.84. The van der Waals surface area contributed by atoms with Crippen molar-refractivity contribution in [3.8, 4) is 17.2 Å². The molecule has 0 spiro atoms. The third-order valence-corrected chi connectivity index (χ3v) is 7.26. The minimum absolute atomic E-state index is 0.0138. The van der Waals surface area contributed by atoms with Crippen LogP contribution in [0.5, 0.6) is 17.2 Å². The summed E-state index contributed by atoms with van der Waals surface area (Å²) in [4.78, 5) is 39.1. The Bertz CT molecular complexity index is 1460. The molecule has 1 fully saturated rings. The number of hydrogen-bond acceptors (Lipinski definition) is 8. The molecule has 2 bridgehead atoms. The number of ether oxygens (including phenoxy) is 1. The molecule has 1 amide bonds. The van der Waals surface area contributed by atoms with Crippen LogP contribution < -0.4 is 21.5 Å². The van der Waals surface area contributed by atoms with Gasteiger partial charge in [0.1, 0.15) is 5.76 Å².